The first kappa shape index (κ1) is 50.9. The molecule has 24 heteroatoms. The molecular weight excluding hydrogens is 630 g/mol. The lowest BCUT2D eigenvalue weighted by Crippen LogP contribution is -2.33. The molecule has 0 amide bonds. The van der Waals surface area contributed by atoms with Gasteiger partial charge in [0.25, 0.3) is 0 Å². The van der Waals surface area contributed by atoms with E-state index in [9.17, 15) is 33.6 Å². The van der Waals surface area contributed by atoms with Gasteiger partial charge in [-0.3, -0.25) is 38.6 Å². The van der Waals surface area contributed by atoms with Gasteiger partial charge in [-0.05, 0) is 32.2 Å². The number of guanidine groups is 1. The molecule has 0 spiro atoms. The largest absolute Gasteiger partial charge is 0.481 e. The Morgan fingerprint density at radius 3 is 1.30 bits per heavy atom. The third-order valence-electron chi connectivity index (χ3n) is 4.22. The van der Waals surface area contributed by atoms with Crippen LogP contribution in [-0.4, -0.2) is 146 Å². The van der Waals surface area contributed by atoms with E-state index in [1.54, 1.807) is 0 Å². The van der Waals surface area contributed by atoms with Crippen LogP contribution in [0.3, 0.4) is 0 Å². The van der Waals surface area contributed by atoms with Gasteiger partial charge in [0.05, 0.1) is 26.1 Å². The van der Waals surface area contributed by atoms with Gasteiger partial charge in [-0.25, -0.2) is 0 Å². The van der Waals surface area contributed by atoms with Gasteiger partial charge in [0.1, 0.15) is 24.2 Å². The minimum absolute atomic E-state index is 0.0129. The van der Waals surface area contributed by atoms with Crippen LogP contribution in [0.2, 0.25) is 0 Å². The Bertz CT molecular complexity index is 915. The molecule has 0 bridgehead atoms. The molecule has 1 heterocycles. The van der Waals surface area contributed by atoms with Crippen molar-refractivity contribution >= 4 is 47.7 Å². The van der Waals surface area contributed by atoms with Crippen LogP contribution in [0.4, 0.5) is 0 Å². The number of carboxylic acids is 7. The standard InChI is InChI=1S/C6H14N4O2.C5H9NO2.C4H7NO4.C3H7NO3.2C2H5NO2/c7-4(5(11)12)2-1-3-10-6(8)9;7-5(8)4-2-1-3-6-4;5-2(4(8)9)1-3(6)7;4-2(1-5)3(6)7;2*3-1-2(4)5/h4H,1-3,7H2,(H,11,12)(H4,8,9,10);4,6H,1-3H2,(H,7,8);2H,1,5H2,(H,6,7)(H,8,9);2,5H,1,4H2,(H,6,7);2*1,3H2,(H,4,5)/t2*4-;2*2-;;/m0000../s1. The lowest BCUT2D eigenvalue weighted by molar-refractivity contribution is -0.144. The summed E-state index contributed by atoms with van der Waals surface area (Å²) in [5.41, 5.74) is 34.1. The zero-order chi connectivity index (χ0) is 37.4. The van der Waals surface area contributed by atoms with Gasteiger partial charge in [0.15, 0.2) is 5.96 Å². The highest BCUT2D eigenvalue weighted by molar-refractivity contribution is 5.80. The van der Waals surface area contributed by atoms with Crippen LogP contribution in [0.25, 0.3) is 0 Å². The molecule has 0 unspecified atom stereocenters. The van der Waals surface area contributed by atoms with Crippen molar-refractivity contribution in [3.63, 3.8) is 0 Å². The summed E-state index contributed by atoms with van der Waals surface area (Å²) in [6.07, 6.45) is 2.21. The number of aliphatic hydroxyl groups excluding tert-OH is 1. The molecular formula is C22H47N9O15. The van der Waals surface area contributed by atoms with E-state index in [0.29, 0.717) is 19.4 Å². The molecule has 0 aromatic carbocycles. The molecule has 0 aromatic heterocycles. The summed E-state index contributed by atoms with van der Waals surface area (Å²) in [6, 6.07) is -3.50. The molecule has 1 rings (SSSR count). The summed E-state index contributed by atoms with van der Waals surface area (Å²) in [4.78, 5) is 71.8. The number of aliphatic imine (C=N–C) groups is 1. The van der Waals surface area contributed by atoms with Crippen molar-refractivity contribution in [1.29, 1.82) is 0 Å². The Morgan fingerprint density at radius 2 is 1.13 bits per heavy atom. The van der Waals surface area contributed by atoms with Gasteiger partial charge >= 0.3 is 41.8 Å². The molecule has 46 heavy (non-hydrogen) atoms. The number of nitrogens with one attached hydrogen (secondary N) is 1. The van der Waals surface area contributed by atoms with Crippen molar-refractivity contribution in [2.45, 2.75) is 56.3 Å². The van der Waals surface area contributed by atoms with Gasteiger partial charge in [-0.2, -0.15) is 0 Å². The minimum Gasteiger partial charge on any atom is -0.481 e. The fourth-order valence-corrected chi connectivity index (χ4v) is 1.89. The van der Waals surface area contributed by atoms with Crippen LogP contribution >= 0.6 is 0 Å². The second kappa shape index (κ2) is 33.2. The third kappa shape index (κ3) is 46.2. The smallest absolute Gasteiger partial charge is 0.322 e. The Kier molecular flexibility index (Phi) is 36.7. The third-order valence-corrected chi connectivity index (χ3v) is 4.22. The fraction of sp³-hybridized carbons (Fsp3) is 0.636. The molecule has 4 atom stereocenters. The zero-order valence-electron chi connectivity index (χ0n) is 24.8. The first-order valence-corrected chi connectivity index (χ1v) is 12.7. The van der Waals surface area contributed by atoms with Crippen molar-refractivity contribution in [1.82, 2.24) is 5.32 Å². The van der Waals surface area contributed by atoms with Crippen molar-refractivity contribution in [3.8, 4) is 0 Å². The number of hydrogen-bond acceptors (Lipinski definition) is 15. The minimum atomic E-state index is -1.29. The molecule has 24 nitrogen and oxygen atoms in total. The van der Waals surface area contributed by atoms with E-state index in [1.165, 1.54) is 0 Å². The lowest BCUT2D eigenvalue weighted by Gasteiger charge is -2.03. The molecule has 1 saturated heterocycles. The van der Waals surface area contributed by atoms with E-state index in [4.69, 9.17) is 69.5 Å². The number of rotatable bonds is 13. The van der Waals surface area contributed by atoms with E-state index in [-0.39, 0.29) is 25.1 Å². The fourth-order valence-electron chi connectivity index (χ4n) is 1.89. The molecule has 270 valence electrons. The maximum atomic E-state index is 10.2. The summed E-state index contributed by atoms with van der Waals surface area (Å²) in [6.45, 7) is 0.218. The quantitative estimate of drug-likeness (QED) is 0.0489. The summed E-state index contributed by atoms with van der Waals surface area (Å²) < 4.78 is 0. The number of hydrogen-bond donors (Lipinski definition) is 16. The van der Waals surface area contributed by atoms with Crippen LogP contribution in [0.1, 0.15) is 32.1 Å². The molecule has 0 aliphatic carbocycles. The summed E-state index contributed by atoms with van der Waals surface area (Å²) in [5, 5.41) is 66.7. The highest BCUT2D eigenvalue weighted by Gasteiger charge is 2.20. The van der Waals surface area contributed by atoms with Crippen molar-refractivity contribution in [2.24, 2.45) is 45.1 Å². The Hall–Kier alpha value is -4.72. The molecule has 1 fully saturated rings. The molecule has 1 aliphatic rings. The van der Waals surface area contributed by atoms with E-state index in [0.717, 1.165) is 19.4 Å². The lowest BCUT2D eigenvalue weighted by atomic mass is 10.2. The average molecular weight is 678 g/mol. The number of aliphatic carboxylic acids is 7. The molecule has 0 saturated carbocycles. The Labute approximate surface area is 262 Å². The molecule has 0 radical (unpaired) electrons. The number of nitrogens with two attached hydrogens (primary N) is 7. The van der Waals surface area contributed by atoms with Crippen LogP contribution in [-0.2, 0) is 33.6 Å². The number of aliphatic hydroxyl groups is 1. The molecule has 1 aliphatic heterocycles. The monoisotopic (exact) mass is 677 g/mol. The zero-order valence-corrected chi connectivity index (χ0v) is 24.8. The van der Waals surface area contributed by atoms with Crippen LogP contribution in [0, 0.1) is 0 Å². The van der Waals surface area contributed by atoms with Crippen LogP contribution in [0.15, 0.2) is 4.99 Å². The van der Waals surface area contributed by atoms with Gasteiger partial charge < -0.3 is 86.3 Å². The number of carbonyl (C=O) groups is 7. The second-order valence-corrected chi connectivity index (χ2v) is 8.25. The first-order chi connectivity index (χ1) is 21.1. The Balaban J connectivity index is -0.000000150. The SMILES string of the molecule is NC(N)=NCCC[C@H](N)C(=O)O.NCC(=O)O.NCC(=O)O.N[C@@H](CC(=O)O)C(=O)O.N[C@@H](CO)C(=O)O.O=C(O)[C@@H]1CCCN1. The maximum Gasteiger partial charge on any atom is 0.322 e. The van der Waals surface area contributed by atoms with E-state index in [1.807, 2.05) is 0 Å². The summed E-state index contributed by atoms with van der Waals surface area (Å²) >= 11 is 0. The van der Waals surface area contributed by atoms with Gasteiger partial charge in [-0.1, -0.05) is 0 Å². The molecule has 23 N–H and O–H groups in total. The highest BCUT2D eigenvalue weighted by Crippen LogP contribution is 2.03. The number of carboxylic acid groups (broad SMARTS) is 7. The Morgan fingerprint density at radius 1 is 0.717 bits per heavy atom. The van der Waals surface area contributed by atoms with E-state index >= 15 is 0 Å². The normalized spacial score (nSPS) is 14.2. The van der Waals surface area contributed by atoms with Crippen LogP contribution in [0.5, 0.6) is 0 Å². The second-order valence-electron chi connectivity index (χ2n) is 8.25. The van der Waals surface area contributed by atoms with Crippen LogP contribution < -0.4 is 45.5 Å². The maximum absolute atomic E-state index is 10.2. The predicted octanol–water partition coefficient (Wildman–Crippen LogP) is -6.40. The average Bonchev–Trinajstić information content (AvgIpc) is 3.51. The van der Waals surface area contributed by atoms with Gasteiger partial charge in [0.2, 0.25) is 0 Å². The van der Waals surface area contributed by atoms with Crippen molar-refractivity contribution in [2.75, 3.05) is 32.8 Å². The molecule has 0 aromatic rings. The van der Waals surface area contributed by atoms with Gasteiger partial charge in [0, 0.05) is 6.54 Å². The summed E-state index contributed by atoms with van der Waals surface area (Å²) in [7, 11) is 0. The summed E-state index contributed by atoms with van der Waals surface area (Å²) in [5.74, 6) is -7.32. The highest BCUT2D eigenvalue weighted by atomic mass is 16.4. The van der Waals surface area contributed by atoms with Crippen molar-refractivity contribution < 1.29 is 74.4 Å². The van der Waals surface area contributed by atoms with E-state index < -0.39 is 72.9 Å². The van der Waals surface area contributed by atoms with Gasteiger partial charge in [-0.15, -0.1) is 0 Å². The topological polar surface area (TPSA) is 488 Å². The van der Waals surface area contributed by atoms with Crippen molar-refractivity contribution in [3.05, 3.63) is 0 Å². The number of nitrogens with zero attached hydrogens (tertiary/aromatic N) is 1. The first-order valence-electron chi connectivity index (χ1n) is 12.7. The van der Waals surface area contributed by atoms with E-state index in [2.05, 4.69) is 21.8 Å². The predicted molar refractivity (Wildman–Crippen MR) is 158 cm³/mol.